The van der Waals surface area contributed by atoms with Gasteiger partial charge in [-0.2, -0.15) is 10.2 Å². The van der Waals surface area contributed by atoms with Crippen LogP contribution in [0.15, 0.2) is 36.4 Å². The molecule has 2 aromatic carbocycles. The summed E-state index contributed by atoms with van der Waals surface area (Å²) in [5, 5.41) is 17.4. The van der Waals surface area contributed by atoms with Crippen molar-refractivity contribution in [2.24, 2.45) is 0 Å². The van der Waals surface area contributed by atoms with Gasteiger partial charge in [0.25, 0.3) is 0 Å². The minimum atomic E-state index is -0.317. The molecule has 0 spiro atoms. The summed E-state index contributed by atoms with van der Waals surface area (Å²) in [7, 11) is 3.16. The van der Waals surface area contributed by atoms with E-state index in [1.165, 1.54) is 0 Å². The highest BCUT2D eigenvalue weighted by Gasteiger charge is 2.13. The topological polar surface area (TPSA) is 157 Å². The maximum absolute atomic E-state index is 11.4. The highest BCUT2D eigenvalue weighted by molar-refractivity contribution is 6.31. The van der Waals surface area contributed by atoms with Crippen LogP contribution in [0, 0.1) is 0 Å². The number of benzene rings is 2. The second-order valence-corrected chi connectivity index (χ2v) is 8.32. The lowest BCUT2D eigenvalue weighted by Gasteiger charge is -2.08. The SMILES string of the molecule is COCc1nc(-c2cc(Cl)ccc2N)n[nH]1.COCc1nc(-c2cc(Cl)ccc2NC(=O)CCl)n[nH]1. The molecule has 0 atom stereocenters. The van der Waals surface area contributed by atoms with Gasteiger partial charge in [-0.3, -0.25) is 15.0 Å². The Kier molecular flexibility index (Phi) is 10.0. The molecule has 36 heavy (non-hydrogen) atoms. The molecule has 0 saturated heterocycles. The van der Waals surface area contributed by atoms with Crippen molar-refractivity contribution in [2.75, 3.05) is 31.2 Å². The minimum absolute atomic E-state index is 0.134. The van der Waals surface area contributed by atoms with Crippen molar-refractivity contribution in [2.45, 2.75) is 13.2 Å². The van der Waals surface area contributed by atoms with Crippen molar-refractivity contribution in [3.8, 4) is 22.8 Å². The Balaban J connectivity index is 0.000000205. The number of carbonyl (C=O) groups is 1. The number of methoxy groups -OCH3 is 2. The first-order valence-electron chi connectivity index (χ1n) is 10.4. The van der Waals surface area contributed by atoms with Crippen molar-refractivity contribution in [3.05, 3.63) is 58.1 Å². The van der Waals surface area contributed by atoms with Crippen LogP contribution < -0.4 is 11.1 Å². The van der Waals surface area contributed by atoms with Gasteiger partial charge in [0.05, 0.1) is 5.69 Å². The van der Waals surface area contributed by atoms with Crippen molar-refractivity contribution in [1.29, 1.82) is 0 Å². The lowest BCUT2D eigenvalue weighted by atomic mass is 10.1. The molecule has 0 unspecified atom stereocenters. The van der Waals surface area contributed by atoms with Crippen molar-refractivity contribution >= 4 is 52.1 Å². The van der Waals surface area contributed by atoms with Crippen molar-refractivity contribution < 1.29 is 14.3 Å². The van der Waals surface area contributed by atoms with Crippen molar-refractivity contribution in [1.82, 2.24) is 30.4 Å². The van der Waals surface area contributed by atoms with Crippen LogP contribution in [-0.4, -0.2) is 56.4 Å². The number of nitrogens with zero attached hydrogens (tertiary/aromatic N) is 4. The predicted molar refractivity (Wildman–Crippen MR) is 139 cm³/mol. The molecule has 4 aromatic rings. The number of carbonyl (C=O) groups excluding carboxylic acids is 1. The lowest BCUT2D eigenvalue weighted by Crippen LogP contribution is -2.13. The Bertz CT molecular complexity index is 1310. The molecule has 2 heterocycles. The van der Waals surface area contributed by atoms with Gasteiger partial charge >= 0.3 is 0 Å². The molecule has 0 fully saturated rings. The van der Waals surface area contributed by atoms with Crippen LogP contribution in [0.4, 0.5) is 11.4 Å². The molecule has 2 aromatic heterocycles. The van der Waals surface area contributed by atoms with Crippen LogP contribution in [0.5, 0.6) is 0 Å². The smallest absolute Gasteiger partial charge is 0.239 e. The number of ether oxygens (including phenoxy) is 2. The third kappa shape index (κ3) is 7.39. The third-order valence-corrected chi connectivity index (χ3v) is 5.21. The van der Waals surface area contributed by atoms with Gasteiger partial charge in [-0.25, -0.2) is 9.97 Å². The van der Waals surface area contributed by atoms with E-state index >= 15 is 0 Å². The highest BCUT2D eigenvalue weighted by atomic mass is 35.5. The molecule has 0 saturated carbocycles. The number of alkyl halides is 1. The van der Waals surface area contributed by atoms with Gasteiger partial charge < -0.3 is 20.5 Å². The Morgan fingerprint density at radius 2 is 1.44 bits per heavy atom. The average Bonchev–Trinajstić information content (AvgIpc) is 3.52. The fourth-order valence-corrected chi connectivity index (χ4v) is 3.36. The van der Waals surface area contributed by atoms with E-state index in [1.54, 1.807) is 50.6 Å². The Morgan fingerprint density at radius 3 is 2.00 bits per heavy atom. The second kappa shape index (κ2) is 13.2. The predicted octanol–water partition coefficient (Wildman–Crippen LogP) is 4.30. The number of aromatic nitrogens is 6. The summed E-state index contributed by atoms with van der Waals surface area (Å²) >= 11 is 17.3. The summed E-state index contributed by atoms with van der Waals surface area (Å²) in [6, 6.07) is 10.2. The van der Waals surface area contributed by atoms with Gasteiger partial charge in [0.15, 0.2) is 23.3 Å². The van der Waals surface area contributed by atoms with E-state index in [9.17, 15) is 4.79 Å². The maximum atomic E-state index is 11.4. The summed E-state index contributed by atoms with van der Waals surface area (Å²) in [6.07, 6.45) is 0. The fraction of sp³-hybridized carbons (Fsp3) is 0.227. The van der Waals surface area contributed by atoms with Crippen LogP contribution in [0.2, 0.25) is 10.0 Å². The first-order valence-corrected chi connectivity index (χ1v) is 11.6. The number of halogens is 3. The summed E-state index contributed by atoms with van der Waals surface area (Å²) in [4.78, 5) is 19.9. The molecule has 0 aliphatic carbocycles. The van der Waals surface area contributed by atoms with Crippen LogP contribution in [0.1, 0.15) is 11.6 Å². The number of anilines is 2. The van der Waals surface area contributed by atoms with E-state index < -0.39 is 0 Å². The third-order valence-electron chi connectivity index (χ3n) is 4.50. The Morgan fingerprint density at radius 1 is 0.917 bits per heavy atom. The summed E-state index contributed by atoms with van der Waals surface area (Å²) < 4.78 is 9.91. The minimum Gasteiger partial charge on any atom is -0.398 e. The molecule has 0 aliphatic heterocycles. The largest absolute Gasteiger partial charge is 0.398 e. The van der Waals surface area contributed by atoms with E-state index in [0.29, 0.717) is 69.1 Å². The highest BCUT2D eigenvalue weighted by Crippen LogP contribution is 2.29. The zero-order valence-corrected chi connectivity index (χ0v) is 21.6. The Labute approximate surface area is 221 Å². The van der Waals surface area contributed by atoms with Gasteiger partial charge in [0, 0.05) is 41.1 Å². The zero-order chi connectivity index (χ0) is 26.1. The Hall–Kier alpha value is -3.22. The number of nitrogens with two attached hydrogens (primary N) is 1. The summed E-state index contributed by atoms with van der Waals surface area (Å²) in [5.41, 5.74) is 8.28. The summed E-state index contributed by atoms with van der Waals surface area (Å²) in [5.74, 6) is 1.72. The van der Waals surface area contributed by atoms with Gasteiger partial charge in [-0.15, -0.1) is 11.6 Å². The molecule has 0 bridgehead atoms. The number of amides is 1. The number of nitrogens with one attached hydrogen (secondary N) is 3. The first kappa shape index (κ1) is 27.4. The molecule has 1 amide bonds. The summed E-state index contributed by atoms with van der Waals surface area (Å²) in [6.45, 7) is 0.699. The molecular formula is C22H23Cl3N8O3. The van der Waals surface area contributed by atoms with Crippen LogP contribution in [-0.2, 0) is 27.5 Å². The number of aromatic amines is 2. The number of hydrogen-bond donors (Lipinski definition) is 4. The van der Waals surface area contributed by atoms with E-state index in [0.717, 1.165) is 0 Å². The van der Waals surface area contributed by atoms with E-state index in [1.807, 2.05) is 0 Å². The molecule has 14 heteroatoms. The normalized spacial score (nSPS) is 10.6. The number of rotatable bonds is 8. The van der Waals surface area contributed by atoms with E-state index in [4.69, 9.17) is 50.0 Å². The van der Waals surface area contributed by atoms with Crippen LogP contribution in [0.25, 0.3) is 22.8 Å². The molecule has 5 N–H and O–H groups in total. The number of nitrogen functional groups attached to an aromatic ring is 1. The zero-order valence-electron chi connectivity index (χ0n) is 19.3. The van der Waals surface area contributed by atoms with E-state index in [-0.39, 0.29) is 11.8 Å². The van der Waals surface area contributed by atoms with Gasteiger partial charge in [0.2, 0.25) is 5.91 Å². The van der Waals surface area contributed by atoms with Gasteiger partial charge in [0.1, 0.15) is 19.1 Å². The number of hydrogen-bond acceptors (Lipinski definition) is 8. The fourth-order valence-electron chi connectivity index (χ4n) is 2.95. The standard InChI is InChI=1S/C12H12Cl2N4O2.C10H11ClN4O/c1-20-6-10-16-12(18-17-10)8-4-7(14)2-3-9(8)15-11(19)5-13;1-16-5-9-13-10(15-14-9)7-4-6(11)2-3-8(7)12/h2-4H,5-6H2,1H3,(H,15,19)(H,16,17,18);2-4H,5,12H2,1H3,(H,13,14,15). The first-order chi connectivity index (χ1) is 17.3. The monoisotopic (exact) mass is 552 g/mol. The van der Waals surface area contributed by atoms with Crippen molar-refractivity contribution in [3.63, 3.8) is 0 Å². The van der Waals surface area contributed by atoms with Gasteiger partial charge in [-0.05, 0) is 36.4 Å². The van der Waals surface area contributed by atoms with Gasteiger partial charge in [-0.1, -0.05) is 23.2 Å². The molecule has 4 rings (SSSR count). The molecular weight excluding hydrogens is 531 g/mol. The number of H-pyrrole nitrogens is 2. The average molecular weight is 554 g/mol. The van der Waals surface area contributed by atoms with Crippen LogP contribution in [0.3, 0.4) is 0 Å². The lowest BCUT2D eigenvalue weighted by molar-refractivity contribution is -0.113. The molecule has 11 nitrogen and oxygen atoms in total. The molecule has 0 aliphatic rings. The molecule has 0 radical (unpaired) electrons. The maximum Gasteiger partial charge on any atom is 0.239 e. The second-order valence-electron chi connectivity index (χ2n) is 7.18. The molecule has 190 valence electrons. The quantitative estimate of drug-likeness (QED) is 0.186. The van der Waals surface area contributed by atoms with Crippen LogP contribution >= 0.6 is 34.8 Å². The van der Waals surface area contributed by atoms with E-state index in [2.05, 4.69) is 35.7 Å².